The Hall–Kier alpha value is -3.17. The van der Waals surface area contributed by atoms with Crippen LogP contribution < -0.4 is 3.71 Å². The van der Waals surface area contributed by atoms with E-state index < -0.39 is 20.0 Å². The molecule has 0 aliphatic carbocycles. The van der Waals surface area contributed by atoms with Crippen molar-refractivity contribution >= 4 is 36.8 Å². The number of sulfonamides is 2. The van der Waals surface area contributed by atoms with E-state index in [1.165, 1.54) is 0 Å². The topological polar surface area (TPSA) is 89.3 Å². The minimum absolute atomic E-state index is 0.0757. The lowest BCUT2D eigenvalue weighted by Gasteiger charge is -2.23. The molecule has 0 fully saturated rings. The predicted octanol–water partition coefficient (Wildman–Crippen LogP) is 4.98. The highest BCUT2D eigenvalue weighted by atomic mass is 32.3. The quantitative estimate of drug-likeness (QED) is 0.325. The highest BCUT2D eigenvalue weighted by molar-refractivity contribution is 8.10. The number of imidazole rings is 1. The van der Waals surface area contributed by atoms with Crippen LogP contribution in [-0.4, -0.2) is 37.9 Å². The van der Waals surface area contributed by atoms with E-state index in [0.717, 1.165) is 16.8 Å². The molecule has 4 rings (SSSR count). The van der Waals surface area contributed by atoms with Crippen molar-refractivity contribution in [2.24, 2.45) is 0 Å². The first kappa shape index (κ1) is 24.0. The van der Waals surface area contributed by atoms with Crippen LogP contribution in [0.4, 0.5) is 5.69 Å². The van der Waals surface area contributed by atoms with Crippen molar-refractivity contribution in [3.05, 3.63) is 78.9 Å². The molecule has 1 aromatic heterocycles. The maximum Gasteiger partial charge on any atom is 0.248 e. The first-order valence-corrected chi connectivity index (χ1v) is 14.4. The minimum Gasteiger partial charge on any atom is -0.292 e. The first-order valence-electron chi connectivity index (χ1n) is 11.2. The van der Waals surface area contributed by atoms with Gasteiger partial charge >= 0.3 is 0 Å². The molecule has 0 bridgehead atoms. The Balaban J connectivity index is 1.97. The van der Waals surface area contributed by atoms with Crippen molar-refractivity contribution in [1.29, 1.82) is 0 Å². The average molecular weight is 498 g/mol. The lowest BCUT2D eigenvalue weighted by Crippen LogP contribution is -2.39. The molecule has 4 aromatic rings. The zero-order valence-corrected chi connectivity index (χ0v) is 20.8. The molecule has 0 aliphatic rings. The Kier molecular flexibility index (Phi) is 6.77. The van der Waals surface area contributed by atoms with Crippen LogP contribution in [-0.2, 0) is 20.0 Å². The van der Waals surface area contributed by atoms with Crippen molar-refractivity contribution in [3.63, 3.8) is 0 Å². The molecule has 1 heterocycles. The van der Waals surface area contributed by atoms with E-state index in [4.69, 9.17) is 4.98 Å². The van der Waals surface area contributed by atoms with Crippen LogP contribution in [0.15, 0.2) is 78.9 Å². The molecule has 0 saturated heterocycles. The zero-order chi connectivity index (χ0) is 24.3. The van der Waals surface area contributed by atoms with Crippen molar-refractivity contribution < 1.29 is 16.8 Å². The van der Waals surface area contributed by atoms with Crippen LogP contribution in [0.1, 0.15) is 26.7 Å². The molecule has 0 saturated carbocycles. The van der Waals surface area contributed by atoms with E-state index in [9.17, 15) is 16.8 Å². The fourth-order valence-electron chi connectivity index (χ4n) is 3.98. The Bertz CT molecular complexity index is 1460. The number of anilines is 1. The van der Waals surface area contributed by atoms with Gasteiger partial charge in [-0.1, -0.05) is 62.4 Å². The maximum atomic E-state index is 13.0. The minimum atomic E-state index is -4.07. The second-order valence-corrected chi connectivity index (χ2v) is 12.1. The van der Waals surface area contributed by atoms with E-state index in [1.807, 2.05) is 65.2 Å². The monoisotopic (exact) mass is 497 g/mol. The van der Waals surface area contributed by atoms with Crippen LogP contribution in [0.2, 0.25) is 0 Å². The number of fused-ring (bicyclic) bond motifs is 1. The van der Waals surface area contributed by atoms with Gasteiger partial charge in [0.15, 0.2) is 0 Å². The largest absolute Gasteiger partial charge is 0.292 e. The van der Waals surface area contributed by atoms with Crippen LogP contribution in [0.3, 0.4) is 0 Å². The van der Waals surface area contributed by atoms with Gasteiger partial charge in [0.1, 0.15) is 5.82 Å². The number of nitrogens with zero attached hydrogens (tertiary/aromatic N) is 3. The first-order chi connectivity index (χ1) is 16.3. The third-order valence-corrected chi connectivity index (χ3v) is 9.97. The lowest BCUT2D eigenvalue weighted by atomic mass is 10.2. The number of hydrogen-bond donors (Lipinski definition) is 0. The molecule has 0 unspecified atom stereocenters. The number of aromatic nitrogens is 2. The van der Waals surface area contributed by atoms with E-state index in [1.54, 1.807) is 32.0 Å². The van der Waals surface area contributed by atoms with Crippen molar-refractivity contribution in [2.75, 3.05) is 15.2 Å². The fourth-order valence-corrected chi connectivity index (χ4v) is 8.04. The van der Waals surface area contributed by atoms with Gasteiger partial charge in [0.05, 0.1) is 28.2 Å². The van der Waals surface area contributed by atoms with Gasteiger partial charge in [-0.25, -0.2) is 21.8 Å². The van der Waals surface area contributed by atoms with E-state index in [-0.39, 0.29) is 17.2 Å². The molecule has 9 heteroatoms. The van der Waals surface area contributed by atoms with Gasteiger partial charge in [-0.15, -0.1) is 0 Å². The standard InChI is InChI=1S/C25H27N3O4S2/c1-3-17-33(29,30)28(34(31,32)18-4-2)22-15-16-24-23(19-22)26-25(20-11-7-5-8-12-20)27(24)21-13-9-6-10-14-21/h5-16,19H,3-4,17-18H2,1-2H3. The van der Waals surface area contributed by atoms with E-state index >= 15 is 0 Å². The number of hydrogen-bond acceptors (Lipinski definition) is 5. The normalized spacial score (nSPS) is 12.2. The summed E-state index contributed by atoms with van der Waals surface area (Å²) in [5, 5.41) is 0. The van der Waals surface area contributed by atoms with Crippen LogP contribution >= 0.6 is 0 Å². The van der Waals surface area contributed by atoms with Gasteiger partial charge in [-0.05, 0) is 43.2 Å². The van der Waals surface area contributed by atoms with Crippen LogP contribution in [0.25, 0.3) is 28.1 Å². The highest BCUT2D eigenvalue weighted by Crippen LogP contribution is 2.33. The summed E-state index contributed by atoms with van der Waals surface area (Å²) in [7, 11) is -8.14. The smallest absolute Gasteiger partial charge is 0.248 e. The SMILES string of the molecule is CCCS(=O)(=O)N(c1ccc2c(c1)nc(-c1ccccc1)n2-c1ccccc1)S(=O)(=O)CCC. The van der Waals surface area contributed by atoms with Crippen molar-refractivity contribution in [3.8, 4) is 17.1 Å². The molecular formula is C25H27N3O4S2. The summed E-state index contributed by atoms with van der Waals surface area (Å²) in [5.74, 6) is 0.155. The summed E-state index contributed by atoms with van der Waals surface area (Å²) in [5.41, 5.74) is 3.11. The molecule has 0 N–H and O–H groups in total. The number of rotatable bonds is 9. The van der Waals surface area contributed by atoms with E-state index in [0.29, 0.717) is 27.9 Å². The van der Waals surface area contributed by atoms with Crippen LogP contribution in [0, 0.1) is 0 Å². The van der Waals surface area contributed by atoms with Gasteiger partial charge in [0, 0.05) is 11.3 Å². The van der Waals surface area contributed by atoms with Crippen LogP contribution in [0.5, 0.6) is 0 Å². The van der Waals surface area contributed by atoms with Crippen molar-refractivity contribution in [1.82, 2.24) is 9.55 Å². The molecule has 0 radical (unpaired) electrons. The molecule has 3 aromatic carbocycles. The molecular weight excluding hydrogens is 470 g/mol. The molecule has 34 heavy (non-hydrogen) atoms. The Morgan fingerprint density at radius 3 is 1.88 bits per heavy atom. The summed E-state index contributed by atoms with van der Waals surface area (Å²) in [4.78, 5) is 4.81. The van der Waals surface area contributed by atoms with Gasteiger partial charge in [-0.2, -0.15) is 3.71 Å². The highest BCUT2D eigenvalue weighted by Gasteiger charge is 2.33. The summed E-state index contributed by atoms with van der Waals surface area (Å²) < 4.78 is 54.7. The third kappa shape index (κ3) is 4.58. The number of para-hydroxylation sites is 1. The Morgan fingerprint density at radius 2 is 1.32 bits per heavy atom. The predicted molar refractivity (Wildman–Crippen MR) is 137 cm³/mol. The van der Waals surface area contributed by atoms with Gasteiger partial charge in [0.25, 0.3) is 0 Å². The third-order valence-electron chi connectivity index (χ3n) is 5.32. The Labute approximate surface area is 200 Å². The molecule has 0 aliphatic heterocycles. The molecule has 178 valence electrons. The average Bonchev–Trinajstić information content (AvgIpc) is 3.18. The second kappa shape index (κ2) is 9.60. The summed E-state index contributed by atoms with van der Waals surface area (Å²) in [6, 6.07) is 24.2. The van der Waals surface area contributed by atoms with Crippen molar-refractivity contribution in [2.45, 2.75) is 26.7 Å². The zero-order valence-electron chi connectivity index (χ0n) is 19.1. The number of benzene rings is 3. The molecule has 0 atom stereocenters. The summed E-state index contributed by atoms with van der Waals surface area (Å²) >= 11 is 0. The van der Waals surface area contributed by atoms with Gasteiger partial charge in [0.2, 0.25) is 20.0 Å². The summed E-state index contributed by atoms with van der Waals surface area (Å²) in [6.07, 6.45) is 0.618. The second-order valence-electron chi connectivity index (χ2n) is 7.97. The Morgan fingerprint density at radius 1 is 0.765 bits per heavy atom. The lowest BCUT2D eigenvalue weighted by molar-refractivity contribution is 0.583. The fraction of sp³-hybridized carbons (Fsp3) is 0.240. The molecule has 7 nitrogen and oxygen atoms in total. The summed E-state index contributed by atoms with van der Waals surface area (Å²) in [6.45, 7) is 3.41. The van der Waals surface area contributed by atoms with Gasteiger partial charge < -0.3 is 0 Å². The van der Waals surface area contributed by atoms with E-state index in [2.05, 4.69) is 0 Å². The maximum absolute atomic E-state index is 13.0. The van der Waals surface area contributed by atoms with Gasteiger partial charge in [-0.3, -0.25) is 4.57 Å². The molecule has 0 spiro atoms. The molecule has 0 amide bonds.